The van der Waals surface area contributed by atoms with Gasteiger partial charge in [-0.3, -0.25) is 4.79 Å². The summed E-state index contributed by atoms with van der Waals surface area (Å²) in [7, 11) is 0. The minimum absolute atomic E-state index is 0.394. The van der Waals surface area contributed by atoms with E-state index in [4.69, 9.17) is 5.73 Å². The molecule has 0 saturated carbocycles. The number of pyridine rings is 1. The summed E-state index contributed by atoms with van der Waals surface area (Å²) in [5.41, 5.74) is 6.70. The fraction of sp³-hybridized carbons (Fsp3) is 0.333. The van der Waals surface area contributed by atoms with Crippen molar-refractivity contribution in [2.45, 2.75) is 19.4 Å². The molecular weight excluding hydrogens is 166 g/mol. The first kappa shape index (κ1) is 8.04. The molecule has 3 N–H and O–H groups in total. The molecule has 1 atom stereocenters. The molecule has 0 radical (unpaired) electrons. The molecule has 0 aromatic carbocycles. The summed E-state index contributed by atoms with van der Waals surface area (Å²) in [5.74, 6) is 0.451. The van der Waals surface area contributed by atoms with E-state index in [1.807, 2.05) is 0 Å². The summed E-state index contributed by atoms with van der Waals surface area (Å²) in [6.45, 7) is 2.08. The van der Waals surface area contributed by atoms with Gasteiger partial charge in [0.25, 0.3) is 0 Å². The summed E-state index contributed by atoms with van der Waals surface area (Å²) in [6, 6.07) is 2.20. The van der Waals surface area contributed by atoms with Gasteiger partial charge in [-0.1, -0.05) is 0 Å². The number of nitrogens with two attached hydrogens (primary N) is 1. The molecule has 0 aliphatic carbocycles. The van der Waals surface area contributed by atoms with Gasteiger partial charge in [0.05, 0.1) is 5.56 Å². The van der Waals surface area contributed by atoms with E-state index in [1.54, 1.807) is 6.07 Å². The van der Waals surface area contributed by atoms with Crippen molar-refractivity contribution in [1.29, 1.82) is 0 Å². The van der Waals surface area contributed by atoms with Crippen LogP contribution in [-0.2, 0) is 6.42 Å². The van der Waals surface area contributed by atoms with Gasteiger partial charge in [-0.15, -0.1) is 0 Å². The summed E-state index contributed by atoms with van der Waals surface area (Å²) >= 11 is 0. The van der Waals surface area contributed by atoms with Gasteiger partial charge in [-0.25, -0.2) is 4.98 Å². The van der Waals surface area contributed by atoms with Crippen LogP contribution >= 0.6 is 0 Å². The number of aromatic nitrogens is 1. The van der Waals surface area contributed by atoms with Crippen molar-refractivity contribution in [3.8, 4) is 0 Å². The van der Waals surface area contributed by atoms with Crippen molar-refractivity contribution in [2.75, 3.05) is 5.32 Å². The second kappa shape index (κ2) is 2.73. The number of amides is 1. The first-order chi connectivity index (χ1) is 6.16. The van der Waals surface area contributed by atoms with Crippen LogP contribution in [0.3, 0.4) is 0 Å². The van der Waals surface area contributed by atoms with Crippen LogP contribution in [-0.4, -0.2) is 16.9 Å². The maximum Gasteiger partial charge on any atom is 0.250 e. The standard InChI is InChI=1S/C9H11N3O/c1-5-2-6-3-7(8(10)13)4-11-9(6)12-5/h3-5H,2H2,1H3,(H2,10,13)(H,11,12). The lowest BCUT2D eigenvalue weighted by Crippen LogP contribution is -2.11. The van der Waals surface area contributed by atoms with Gasteiger partial charge in [-0.05, 0) is 25.0 Å². The number of hydrogen-bond acceptors (Lipinski definition) is 3. The third-order valence-electron chi connectivity index (χ3n) is 2.16. The number of anilines is 1. The Morgan fingerprint density at radius 1 is 1.77 bits per heavy atom. The number of nitrogens with zero attached hydrogens (tertiary/aromatic N) is 1. The van der Waals surface area contributed by atoms with Crippen molar-refractivity contribution in [3.05, 3.63) is 23.4 Å². The number of carbonyl (C=O) groups is 1. The van der Waals surface area contributed by atoms with E-state index in [1.165, 1.54) is 6.20 Å². The zero-order valence-electron chi connectivity index (χ0n) is 7.37. The first-order valence-electron chi connectivity index (χ1n) is 4.22. The minimum atomic E-state index is -0.421. The van der Waals surface area contributed by atoms with E-state index >= 15 is 0 Å². The summed E-state index contributed by atoms with van der Waals surface area (Å²) in [5, 5.41) is 3.20. The predicted octanol–water partition coefficient (Wildman–Crippen LogP) is 0.537. The van der Waals surface area contributed by atoms with E-state index in [0.717, 1.165) is 17.8 Å². The number of fused-ring (bicyclic) bond motifs is 1. The Labute approximate surface area is 76.2 Å². The number of primary amides is 1. The fourth-order valence-corrected chi connectivity index (χ4v) is 1.54. The van der Waals surface area contributed by atoms with Crippen LogP contribution in [0.25, 0.3) is 0 Å². The summed E-state index contributed by atoms with van der Waals surface area (Å²) < 4.78 is 0. The Morgan fingerprint density at radius 3 is 3.23 bits per heavy atom. The molecule has 68 valence electrons. The predicted molar refractivity (Wildman–Crippen MR) is 49.5 cm³/mol. The molecule has 2 rings (SSSR count). The van der Waals surface area contributed by atoms with E-state index in [2.05, 4.69) is 17.2 Å². The van der Waals surface area contributed by atoms with Crippen LogP contribution < -0.4 is 11.1 Å². The third-order valence-corrected chi connectivity index (χ3v) is 2.16. The van der Waals surface area contributed by atoms with Crippen molar-refractivity contribution in [3.63, 3.8) is 0 Å². The molecule has 1 aromatic rings. The summed E-state index contributed by atoms with van der Waals surface area (Å²) in [4.78, 5) is 15.0. The van der Waals surface area contributed by atoms with Gasteiger partial charge in [0, 0.05) is 12.2 Å². The first-order valence-corrected chi connectivity index (χ1v) is 4.22. The molecular formula is C9H11N3O. The average Bonchev–Trinajstić information content (AvgIpc) is 2.42. The molecule has 4 heteroatoms. The van der Waals surface area contributed by atoms with E-state index in [0.29, 0.717) is 11.6 Å². The lowest BCUT2D eigenvalue weighted by atomic mass is 10.1. The maximum atomic E-state index is 10.8. The minimum Gasteiger partial charge on any atom is -0.367 e. The monoisotopic (exact) mass is 177 g/mol. The molecule has 1 unspecified atom stereocenters. The molecule has 0 saturated heterocycles. The molecule has 2 heterocycles. The van der Waals surface area contributed by atoms with Crippen LogP contribution in [0, 0.1) is 0 Å². The second-order valence-electron chi connectivity index (χ2n) is 3.35. The normalized spacial score (nSPS) is 19.3. The Balaban J connectivity index is 2.40. The SMILES string of the molecule is CC1Cc2cc(C(N)=O)cnc2N1. The Hall–Kier alpha value is -1.58. The lowest BCUT2D eigenvalue weighted by molar-refractivity contribution is 0.1000. The van der Waals surface area contributed by atoms with Crippen molar-refractivity contribution in [2.24, 2.45) is 5.73 Å². The van der Waals surface area contributed by atoms with Gasteiger partial charge in [0.15, 0.2) is 0 Å². The average molecular weight is 177 g/mol. The molecule has 1 aliphatic heterocycles. The van der Waals surface area contributed by atoms with Gasteiger partial charge in [-0.2, -0.15) is 0 Å². The van der Waals surface area contributed by atoms with E-state index in [9.17, 15) is 4.79 Å². The van der Waals surface area contributed by atoms with Crippen molar-refractivity contribution >= 4 is 11.7 Å². The van der Waals surface area contributed by atoms with Crippen LogP contribution in [0.2, 0.25) is 0 Å². The van der Waals surface area contributed by atoms with Gasteiger partial charge >= 0.3 is 0 Å². The van der Waals surface area contributed by atoms with Crippen LogP contribution in [0.15, 0.2) is 12.3 Å². The molecule has 1 aromatic heterocycles. The molecule has 13 heavy (non-hydrogen) atoms. The van der Waals surface area contributed by atoms with E-state index < -0.39 is 5.91 Å². The van der Waals surface area contributed by atoms with Gasteiger partial charge in [0.2, 0.25) is 5.91 Å². The summed E-state index contributed by atoms with van der Waals surface area (Å²) in [6.07, 6.45) is 2.41. The van der Waals surface area contributed by atoms with E-state index in [-0.39, 0.29) is 0 Å². The fourth-order valence-electron chi connectivity index (χ4n) is 1.54. The number of hydrogen-bond donors (Lipinski definition) is 2. The molecule has 0 fully saturated rings. The van der Waals surface area contributed by atoms with Crippen molar-refractivity contribution < 1.29 is 4.79 Å². The molecule has 4 nitrogen and oxygen atoms in total. The van der Waals surface area contributed by atoms with Gasteiger partial charge < -0.3 is 11.1 Å². The quantitative estimate of drug-likeness (QED) is 0.657. The zero-order chi connectivity index (χ0) is 9.42. The second-order valence-corrected chi connectivity index (χ2v) is 3.35. The topological polar surface area (TPSA) is 68.0 Å². The Morgan fingerprint density at radius 2 is 2.54 bits per heavy atom. The highest BCUT2D eigenvalue weighted by Gasteiger charge is 2.18. The Bertz CT molecular complexity index is 362. The van der Waals surface area contributed by atoms with Crippen molar-refractivity contribution in [1.82, 2.24) is 4.98 Å². The van der Waals surface area contributed by atoms with Crippen LogP contribution in [0.5, 0.6) is 0 Å². The highest BCUT2D eigenvalue weighted by Crippen LogP contribution is 2.23. The Kier molecular flexibility index (Phi) is 1.69. The number of carbonyl (C=O) groups excluding carboxylic acids is 1. The number of rotatable bonds is 1. The zero-order valence-corrected chi connectivity index (χ0v) is 7.37. The lowest BCUT2D eigenvalue weighted by Gasteiger charge is -2.00. The molecule has 1 amide bonds. The molecule has 1 aliphatic rings. The van der Waals surface area contributed by atoms with Crippen LogP contribution in [0.4, 0.5) is 5.82 Å². The smallest absolute Gasteiger partial charge is 0.250 e. The highest BCUT2D eigenvalue weighted by molar-refractivity contribution is 5.93. The maximum absolute atomic E-state index is 10.8. The highest BCUT2D eigenvalue weighted by atomic mass is 16.1. The molecule has 0 bridgehead atoms. The van der Waals surface area contributed by atoms with Gasteiger partial charge in [0.1, 0.15) is 5.82 Å². The number of nitrogens with one attached hydrogen (secondary N) is 1. The van der Waals surface area contributed by atoms with Crippen LogP contribution in [0.1, 0.15) is 22.8 Å². The third kappa shape index (κ3) is 1.35. The largest absolute Gasteiger partial charge is 0.367 e. The molecule has 0 spiro atoms.